The molecule has 0 atom stereocenters. The fourth-order valence-corrected chi connectivity index (χ4v) is 1.42. The number of urea groups is 1. The highest BCUT2D eigenvalue weighted by molar-refractivity contribution is 5.86. The second kappa shape index (κ2) is 7.52. The molecule has 0 bridgehead atoms. The van der Waals surface area contributed by atoms with E-state index in [4.69, 9.17) is 5.11 Å². The van der Waals surface area contributed by atoms with E-state index in [0.29, 0.717) is 0 Å². The first-order chi connectivity index (χ1) is 8.41. The molecule has 7 nitrogen and oxygen atoms in total. The molecule has 3 N–H and O–H groups in total. The van der Waals surface area contributed by atoms with Crippen LogP contribution in [0.2, 0.25) is 0 Å². The van der Waals surface area contributed by atoms with Gasteiger partial charge in [-0.1, -0.05) is 13.8 Å². The second-order valence-electron chi connectivity index (χ2n) is 3.80. The molecular weight excluding hydrogens is 240 g/mol. The molecule has 2 amide bonds. The topological polar surface area (TPSA) is 105 Å². The molecule has 0 aromatic rings. The molecule has 0 unspecified atom stereocenters. The zero-order chi connectivity index (χ0) is 14.2. The number of hydrogen-bond acceptors (Lipinski definition) is 4. The Labute approximate surface area is 106 Å². The van der Waals surface area contributed by atoms with Gasteiger partial charge in [-0.2, -0.15) is 0 Å². The number of methoxy groups -OCH3 is 1. The molecule has 0 rings (SSSR count). The van der Waals surface area contributed by atoms with E-state index < -0.39 is 23.5 Å². The van der Waals surface area contributed by atoms with Crippen molar-refractivity contribution in [1.82, 2.24) is 10.6 Å². The predicted octanol–water partition coefficient (Wildman–Crippen LogP) is 0.492. The third-order valence-electron chi connectivity index (χ3n) is 2.81. The third kappa shape index (κ3) is 4.60. The number of nitrogens with one attached hydrogen (secondary N) is 2. The molecule has 0 saturated heterocycles. The molecule has 0 heterocycles. The molecular formula is C11H20N2O5. The molecule has 0 spiro atoms. The summed E-state index contributed by atoms with van der Waals surface area (Å²) in [5.41, 5.74) is -1.27. The van der Waals surface area contributed by atoms with E-state index in [1.165, 1.54) is 7.11 Å². The van der Waals surface area contributed by atoms with E-state index in [-0.39, 0.29) is 25.8 Å². The van der Waals surface area contributed by atoms with E-state index in [1.807, 2.05) is 0 Å². The van der Waals surface area contributed by atoms with Crippen LogP contribution in [-0.2, 0) is 14.3 Å². The first-order valence-electron chi connectivity index (χ1n) is 5.78. The monoisotopic (exact) mass is 260 g/mol. The number of carboxylic acid groups (broad SMARTS) is 1. The van der Waals surface area contributed by atoms with Gasteiger partial charge >= 0.3 is 18.0 Å². The van der Waals surface area contributed by atoms with Crippen molar-refractivity contribution < 1.29 is 24.2 Å². The standard InChI is InChI=1S/C11H20N2O5/c1-4-11(5-2,9(15)16)13-10(17)12-7-6-8(14)18-3/h4-7H2,1-3H3,(H,15,16)(H2,12,13,17). The lowest BCUT2D eigenvalue weighted by Crippen LogP contribution is -2.56. The van der Waals surface area contributed by atoms with Gasteiger partial charge in [0, 0.05) is 6.54 Å². The molecule has 0 saturated carbocycles. The van der Waals surface area contributed by atoms with E-state index >= 15 is 0 Å². The number of ether oxygens (including phenoxy) is 1. The second-order valence-corrected chi connectivity index (χ2v) is 3.80. The summed E-state index contributed by atoms with van der Waals surface area (Å²) < 4.78 is 4.41. The Bertz CT molecular complexity index is 313. The van der Waals surface area contributed by atoms with Crippen molar-refractivity contribution >= 4 is 18.0 Å². The Morgan fingerprint density at radius 1 is 1.22 bits per heavy atom. The van der Waals surface area contributed by atoms with Gasteiger partial charge in [0.15, 0.2) is 0 Å². The van der Waals surface area contributed by atoms with Gasteiger partial charge in [0.05, 0.1) is 13.5 Å². The molecule has 18 heavy (non-hydrogen) atoms. The van der Waals surface area contributed by atoms with Gasteiger partial charge in [0.25, 0.3) is 0 Å². The maximum Gasteiger partial charge on any atom is 0.329 e. The summed E-state index contributed by atoms with van der Waals surface area (Å²) in [6.45, 7) is 3.47. The SMILES string of the molecule is CCC(CC)(NC(=O)NCCC(=O)OC)C(=O)O. The predicted molar refractivity (Wildman–Crippen MR) is 64.1 cm³/mol. The van der Waals surface area contributed by atoms with Crippen LogP contribution in [0.1, 0.15) is 33.1 Å². The van der Waals surface area contributed by atoms with Gasteiger partial charge in [0.1, 0.15) is 5.54 Å². The lowest BCUT2D eigenvalue weighted by Gasteiger charge is -2.27. The summed E-state index contributed by atoms with van der Waals surface area (Å²) in [7, 11) is 1.26. The number of aliphatic carboxylic acids is 1. The fraction of sp³-hybridized carbons (Fsp3) is 0.727. The van der Waals surface area contributed by atoms with Crippen LogP contribution in [-0.4, -0.2) is 42.3 Å². The van der Waals surface area contributed by atoms with Crippen LogP contribution in [0.5, 0.6) is 0 Å². The highest BCUT2D eigenvalue weighted by Gasteiger charge is 2.36. The number of carbonyl (C=O) groups excluding carboxylic acids is 2. The Morgan fingerprint density at radius 2 is 1.78 bits per heavy atom. The lowest BCUT2D eigenvalue weighted by molar-refractivity contribution is -0.145. The van der Waals surface area contributed by atoms with Crippen LogP contribution < -0.4 is 10.6 Å². The maximum absolute atomic E-state index is 11.5. The zero-order valence-corrected chi connectivity index (χ0v) is 10.9. The average Bonchev–Trinajstić information content (AvgIpc) is 2.35. The highest BCUT2D eigenvalue weighted by Crippen LogP contribution is 2.14. The first-order valence-corrected chi connectivity index (χ1v) is 5.78. The Balaban J connectivity index is 4.28. The van der Waals surface area contributed by atoms with Crippen molar-refractivity contribution in [3.8, 4) is 0 Å². The molecule has 0 aromatic carbocycles. The minimum atomic E-state index is -1.27. The summed E-state index contributed by atoms with van der Waals surface area (Å²) in [5.74, 6) is -1.51. The van der Waals surface area contributed by atoms with Crippen LogP contribution in [0.25, 0.3) is 0 Å². The van der Waals surface area contributed by atoms with Gasteiger partial charge in [0.2, 0.25) is 0 Å². The van der Waals surface area contributed by atoms with Crippen molar-refractivity contribution in [2.75, 3.05) is 13.7 Å². The normalized spacial score (nSPS) is 10.6. The quantitative estimate of drug-likeness (QED) is 0.578. The molecule has 7 heteroatoms. The molecule has 0 aliphatic heterocycles. The van der Waals surface area contributed by atoms with Gasteiger partial charge in [-0.05, 0) is 12.8 Å². The lowest BCUT2D eigenvalue weighted by atomic mass is 9.93. The first kappa shape index (κ1) is 16.2. The molecule has 104 valence electrons. The van der Waals surface area contributed by atoms with Crippen LogP contribution in [0.4, 0.5) is 4.79 Å². The number of amides is 2. The maximum atomic E-state index is 11.5. The largest absolute Gasteiger partial charge is 0.480 e. The third-order valence-corrected chi connectivity index (χ3v) is 2.81. The number of rotatable bonds is 7. The summed E-state index contributed by atoms with van der Waals surface area (Å²) >= 11 is 0. The minimum absolute atomic E-state index is 0.0439. The van der Waals surface area contributed by atoms with Gasteiger partial charge in [-0.25, -0.2) is 9.59 Å². The van der Waals surface area contributed by atoms with E-state index in [9.17, 15) is 14.4 Å². The smallest absolute Gasteiger partial charge is 0.329 e. The van der Waals surface area contributed by atoms with Crippen LogP contribution in [0.15, 0.2) is 0 Å². The van der Waals surface area contributed by atoms with E-state index in [1.54, 1.807) is 13.8 Å². The molecule has 0 aliphatic rings. The number of carboxylic acids is 1. The van der Waals surface area contributed by atoms with Gasteiger partial charge < -0.3 is 20.5 Å². The number of esters is 1. The van der Waals surface area contributed by atoms with Crippen molar-refractivity contribution in [2.24, 2.45) is 0 Å². The molecule has 0 aromatic heterocycles. The summed E-state index contributed by atoms with van der Waals surface area (Å²) in [6, 6.07) is -0.606. The van der Waals surface area contributed by atoms with Crippen LogP contribution in [0.3, 0.4) is 0 Å². The summed E-state index contributed by atoms with van der Waals surface area (Å²) in [6.07, 6.45) is 0.606. The molecule has 0 fully saturated rings. The van der Waals surface area contributed by atoms with E-state index in [2.05, 4.69) is 15.4 Å². The Morgan fingerprint density at radius 3 is 2.17 bits per heavy atom. The zero-order valence-electron chi connectivity index (χ0n) is 10.9. The van der Waals surface area contributed by atoms with E-state index in [0.717, 1.165) is 0 Å². The average molecular weight is 260 g/mol. The molecule has 0 aliphatic carbocycles. The summed E-state index contributed by atoms with van der Waals surface area (Å²) in [5, 5.41) is 13.9. The van der Waals surface area contributed by atoms with Crippen molar-refractivity contribution in [1.29, 1.82) is 0 Å². The summed E-state index contributed by atoms with van der Waals surface area (Å²) in [4.78, 5) is 33.5. The highest BCUT2D eigenvalue weighted by atomic mass is 16.5. The minimum Gasteiger partial charge on any atom is -0.480 e. The van der Waals surface area contributed by atoms with Crippen LogP contribution >= 0.6 is 0 Å². The fourth-order valence-electron chi connectivity index (χ4n) is 1.42. The van der Waals surface area contributed by atoms with Gasteiger partial charge in [-0.3, -0.25) is 4.79 Å². The molecule has 0 radical (unpaired) electrons. The van der Waals surface area contributed by atoms with Crippen molar-refractivity contribution in [3.63, 3.8) is 0 Å². The Kier molecular flexibility index (Phi) is 6.77. The van der Waals surface area contributed by atoms with Crippen molar-refractivity contribution in [2.45, 2.75) is 38.6 Å². The Hall–Kier alpha value is -1.79. The number of hydrogen-bond donors (Lipinski definition) is 3. The van der Waals surface area contributed by atoms with Gasteiger partial charge in [-0.15, -0.1) is 0 Å². The van der Waals surface area contributed by atoms with Crippen molar-refractivity contribution in [3.05, 3.63) is 0 Å². The van der Waals surface area contributed by atoms with Crippen LogP contribution in [0, 0.1) is 0 Å². The number of carbonyl (C=O) groups is 3.